The normalized spacial score (nSPS) is 12.5. The number of nitrogens with two attached hydrogens (primary N) is 2. The van der Waals surface area contributed by atoms with Crippen molar-refractivity contribution in [3.8, 4) is 0 Å². The van der Waals surface area contributed by atoms with E-state index in [1.807, 2.05) is 0 Å². The van der Waals surface area contributed by atoms with Crippen LogP contribution in [0.5, 0.6) is 0 Å². The van der Waals surface area contributed by atoms with E-state index >= 15 is 0 Å². The summed E-state index contributed by atoms with van der Waals surface area (Å²) in [4.78, 5) is 56.8. The second-order valence-electron chi connectivity index (χ2n) is 6.76. The number of nitrogens with zero attached hydrogens (tertiary/aromatic N) is 6. The summed E-state index contributed by atoms with van der Waals surface area (Å²) in [5, 5.41) is 0. The molecule has 2 aromatic heterocycles. The standard InChI is InChI=1S/C17H24N8O4/c1-8(20-12-10(18)14(26)24(5)16(28)22(12)3)7-9(2)21-13-11(19)15(27)25(6)17(29)23(13)4/h7,18-19H2,1-6H3/b20-8-,21-9+. The van der Waals surface area contributed by atoms with Gasteiger partial charge < -0.3 is 11.5 Å². The van der Waals surface area contributed by atoms with Gasteiger partial charge in [-0.3, -0.25) is 27.9 Å². The van der Waals surface area contributed by atoms with E-state index in [0.29, 0.717) is 11.4 Å². The highest BCUT2D eigenvalue weighted by Gasteiger charge is 2.14. The third-order valence-corrected chi connectivity index (χ3v) is 4.44. The first-order valence-electron chi connectivity index (χ1n) is 8.57. The molecule has 0 saturated carbocycles. The van der Waals surface area contributed by atoms with Crippen molar-refractivity contribution in [2.24, 2.45) is 38.2 Å². The van der Waals surface area contributed by atoms with Crippen LogP contribution < -0.4 is 34.0 Å². The van der Waals surface area contributed by atoms with E-state index in [9.17, 15) is 19.2 Å². The van der Waals surface area contributed by atoms with E-state index in [4.69, 9.17) is 11.5 Å². The fourth-order valence-corrected chi connectivity index (χ4v) is 2.80. The van der Waals surface area contributed by atoms with Crippen LogP contribution in [-0.2, 0) is 28.2 Å². The Morgan fingerprint density at radius 3 is 1.31 bits per heavy atom. The summed E-state index contributed by atoms with van der Waals surface area (Å²) < 4.78 is 4.15. The molecule has 0 radical (unpaired) electrons. The van der Waals surface area contributed by atoms with Crippen molar-refractivity contribution in [2.45, 2.75) is 20.3 Å². The van der Waals surface area contributed by atoms with Crippen LogP contribution in [0, 0.1) is 0 Å². The molecule has 0 saturated heterocycles. The highest BCUT2D eigenvalue weighted by atomic mass is 16.2. The van der Waals surface area contributed by atoms with Crippen molar-refractivity contribution < 1.29 is 0 Å². The average Bonchev–Trinajstić information content (AvgIpc) is 2.68. The Morgan fingerprint density at radius 1 is 0.690 bits per heavy atom. The lowest BCUT2D eigenvalue weighted by Gasteiger charge is -2.11. The van der Waals surface area contributed by atoms with Crippen molar-refractivity contribution in [1.29, 1.82) is 0 Å². The van der Waals surface area contributed by atoms with Gasteiger partial charge in [0.2, 0.25) is 0 Å². The van der Waals surface area contributed by atoms with Gasteiger partial charge in [-0.1, -0.05) is 0 Å². The molecule has 0 fully saturated rings. The lowest BCUT2D eigenvalue weighted by atomic mass is 10.2. The van der Waals surface area contributed by atoms with E-state index < -0.39 is 22.5 Å². The van der Waals surface area contributed by atoms with Crippen LogP contribution in [0.4, 0.5) is 23.0 Å². The van der Waals surface area contributed by atoms with Crippen LogP contribution in [0.1, 0.15) is 20.3 Å². The third-order valence-electron chi connectivity index (χ3n) is 4.44. The molecule has 0 unspecified atom stereocenters. The molecule has 0 spiro atoms. The minimum absolute atomic E-state index is 0.0453. The zero-order chi connectivity index (χ0) is 22.2. The van der Waals surface area contributed by atoms with Gasteiger partial charge >= 0.3 is 11.4 Å². The van der Waals surface area contributed by atoms with Crippen LogP contribution in [-0.4, -0.2) is 29.7 Å². The fraction of sp³-hybridized carbons (Fsp3) is 0.412. The average molecular weight is 404 g/mol. The number of hydrogen-bond donors (Lipinski definition) is 2. The zero-order valence-corrected chi connectivity index (χ0v) is 17.2. The fourth-order valence-electron chi connectivity index (χ4n) is 2.80. The van der Waals surface area contributed by atoms with Crippen LogP contribution in [0.25, 0.3) is 0 Å². The molecule has 0 atom stereocenters. The van der Waals surface area contributed by atoms with E-state index in [2.05, 4.69) is 9.98 Å². The predicted octanol–water partition coefficient (Wildman–Crippen LogP) is -1.08. The Balaban J connectivity index is 2.50. The summed E-state index contributed by atoms with van der Waals surface area (Å²) in [5.41, 5.74) is 9.99. The highest BCUT2D eigenvalue weighted by molar-refractivity contribution is 6.04. The van der Waals surface area contributed by atoms with Gasteiger partial charge in [-0.2, -0.15) is 0 Å². The molecule has 0 aromatic carbocycles. The molecule has 12 heteroatoms. The van der Waals surface area contributed by atoms with Crippen molar-refractivity contribution in [2.75, 3.05) is 11.5 Å². The van der Waals surface area contributed by atoms with Crippen LogP contribution in [0.3, 0.4) is 0 Å². The van der Waals surface area contributed by atoms with Crippen molar-refractivity contribution in [3.63, 3.8) is 0 Å². The Labute approximate surface area is 165 Å². The quantitative estimate of drug-likeness (QED) is 0.615. The molecule has 156 valence electrons. The Kier molecular flexibility index (Phi) is 5.76. The topological polar surface area (TPSA) is 165 Å². The number of rotatable bonds is 4. The molecular weight excluding hydrogens is 380 g/mol. The molecule has 0 aliphatic heterocycles. The van der Waals surface area contributed by atoms with Gasteiger partial charge in [0.1, 0.15) is 11.4 Å². The van der Waals surface area contributed by atoms with Crippen LogP contribution >= 0.6 is 0 Å². The second-order valence-corrected chi connectivity index (χ2v) is 6.76. The Hall–Kier alpha value is -3.70. The molecule has 2 rings (SSSR count). The van der Waals surface area contributed by atoms with Gasteiger partial charge in [-0.25, -0.2) is 19.6 Å². The van der Waals surface area contributed by atoms with E-state index in [1.165, 1.54) is 37.3 Å². The van der Waals surface area contributed by atoms with Gasteiger partial charge in [0.15, 0.2) is 11.6 Å². The van der Waals surface area contributed by atoms with E-state index in [1.54, 1.807) is 13.8 Å². The van der Waals surface area contributed by atoms with E-state index in [0.717, 1.165) is 9.13 Å². The molecule has 0 amide bonds. The van der Waals surface area contributed by atoms with Gasteiger partial charge in [0.25, 0.3) is 11.1 Å². The second kappa shape index (κ2) is 7.73. The third kappa shape index (κ3) is 3.81. The SMILES string of the molecule is C/C(C/C(C)=N/c1c(N)c(=O)n(C)c(=O)n1C)=N/c1c(N)c(=O)n(C)c(=O)n1C. The maximum Gasteiger partial charge on any atom is 0.332 e. The monoisotopic (exact) mass is 404 g/mol. The largest absolute Gasteiger partial charge is 0.391 e. The number of aromatic nitrogens is 4. The molecule has 0 aliphatic carbocycles. The van der Waals surface area contributed by atoms with Gasteiger partial charge in [-0.15, -0.1) is 0 Å². The maximum atomic E-state index is 12.1. The maximum absolute atomic E-state index is 12.1. The molecule has 0 aliphatic rings. The molecular formula is C17H24N8O4. The summed E-state index contributed by atoms with van der Waals surface area (Å²) >= 11 is 0. The smallest absolute Gasteiger partial charge is 0.332 e. The van der Waals surface area contributed by atoms with Gasteiger partial charge in [-0.05, 0) is 13.8 Å². The first kappa shape index (κ1) is 21.6. The zero-order valence-electron chi connectivity index (χ0n) is 17.2. The number of nitrogen functional groups attached to an aromatic ring is 2. The van der Waals surface area contributed by atoms with E-state index in [-0.39, 0.29) is 29.4 Å². The number of hydrogen-bond acceptors (Lipinski definition) is 8. The molecule has 4 N–H and O–H groups in total. The van der Waals surface area contributed by atoms with Gasteiger partial charge in [0, 0.05) is 46.0 Å². The summed E-state index contributed by atoms with van der Waals surface area (Å²) in [5.74, 6) is 0.0905. The molecule has 0 bridgehead atoms. The Morgan fingerprint density at radius 2 is 1.00 bits per heavy atom. The van der Waals surface area contributed by atoms with Crippen LogP contribution in [0.2, 0.25) is 0 Å². The van der Waals surface area contributed by atoms with Crippen LogP contribution in [0.15, 0.2) is 29.2 Å². The summed E-state index contributed by atoms with van der Waals surface area (Å²) in [6.45, 7) is 3.35. The van der Waals surface area contributed by atoms with Crippen molar-refractivity contribution in [1.82, 2.24) is 18.3 Å². The molecule has 12 nitrogen and oxygen atoms in total. The van der Waals surface area contributed by atoms with Gasteiger partial charge in [0.05, 0.1) is 0 Å². The first-order chi connectivity index (χ1) is 13.4. The van der Waals surface area contributed by atoms with Crippen molar-refractivity contribution >= 4 is 34.4 Å². The summed E-state index contributed by atoms with van der Waals surface area (Å²) in [7, 11) is 5.58. The summed E-state index contributed by atoms with van der Waals surface area (Å²) in [6.07, 6.45) is 0.228. The highest BCUT2D eigenvalue weighted by Crippen LogP contribution is 2.18. The summed E-state index contributed by atoms with van der Waals surface area (Å²) in [6, 6.07) is 0. The minimum Gasteiger partial charge on any atom is -0.391 e. The lowest BCUT2D eigenvalue weighted by Crippen LogP contribution is -2.38. The predicted molar refractivity (Wildman–Crippen MR) is 113 cm³/mol. The first-order valence-corrected chi connectivity index (χ1v) is 8.57. The number of aliphatic imine (C=N–C) groups is 2. The molecule has 2 aromatic rings. The number of anilines is 2. The minimum atomic E-state index is -0.632. The molecule has 29 heavy (non-hydrogen) atoms. The molecule has 2 heterocycles. The van der Waals surface area contributed by atoms with Crippen molar-refractivity contribution in [3.05, 3.63) is 41.7 Å². The Bertz CT molecular complexity index is 1110. The lowest BCUT2D eigenvalue weighted by molar-refractivity contribution is 0.692.